The lowest BCUT2D eigenvalue weighted by atomic mass is 10.3. The maximum atomic E-state index is 11.5. The van der Waals surface area contributed by atoms with E-state index in [1.54, 1.807) is 14.2 Å². The minimum Gasteiger partial charge on any atom is -0.385 e. The van der Waals surface area contributed by atoms with Crippen LogP contribution in [0.5, 0.6) is 0 Å². The van der Waals surface area contributed by atoms with E-state index >= 15 is 0 Å². The van der Waals surface area contributed by atoms with Crippen LogP contribution in [-0.2, 0) is 14.3 Å². The van der Waals surface area contributed by atoms with Crippen molar-refractivity contribution in [2.45, 2.75) is 25.8 Å². The molecule has 0 rings (SSSR count). The molecular weight excluding hydrogens is 208 g/mol. The summed E-state index contributed by atoms with van der Waals surface area (Å²) in [6.45, 7) is 4.71. The molecule has 0 aliphatic rings. The lowest BCUT2D eigenvalue weighted by Gasteiger charge is -2.13. The van der Waals surface area contributed by atoms with Crippen LogP contribution >= 0.6 is 0 Å². The van der Waals surface area contributed by atoms with E-state index in [0.717, 1.165) is 26.0 Å². The summed E-state index contributed by atoms with van der Waals surface area (Å²) in [5.74, 6) is 0.0357. The Morgan fingerprint density at radius 2 is 1.69 bits per heavy atom. The summed E-state index contributed by atoms with van der Waals surface area (Å²) in [7, 11) is 3.33. The van der Waals surface area contributed by atoms with E-state index in [2.05, 4.69) is 10.6 Å². The number of hydrogen-bond acceptors (Lipinski definition) is 4. The third-order valence-corrected chi connectivity index (χ3v) is 2.19. The molecule has 1 atom stereocenters. The standard InChI is InChI=1S/C11H24N2O3/c1-10(12-6-4-8-15-2)11(14)13-7-5-9-16-3/h10,12H,4-9H2,1-3H3,(H,13,14). The quantitative estimate of drug-likeness (QED) is 0.527. The van der Waals surface area contributed by atoms with Gasteiger partial charge in [0.2, 0.25) is 5.91 Å². The van der Waals surface area contributed by atoms with E-state index < -0.39 is 0 Å². The summed E-state index contributed by atoms with van der Waals surface area (Å²) in [5, 5.41) is 5.98. The van der Waals surface area contributed by atoms with E-state index in [1.807, 2.05) is 6.92 Å². The van der Waals surface area contributed by atoms with Crippen molar-refractivity contribution in [2.24, 2.45) is 0 Å². The van der Waals surface area contributed by atoms with Gasteiger partial charge < -0.3 is 20.1 Å². The van der Waals surface area contributed by atoms with Gasteiger partial charge >= 0.3 is 0 Å². The van der Waals surface area contributed by atoms with Gasteiger partial charge in [0, 0.05) is 34.0 Å². The molecule has 0 spiro atoms. The Labute approximate surface area is 97.9 Å². The van der Waals surface area contributed by atoms with E-state index in [-0.39, 0.29) is 11.9 Å². The van der Waals surface area contributed by atoms with Crippen molar-refractivity contribution < 1.29 is 14.3 Å². The third kappa shape index (κ3) is 8.64. The summed E-state index contributed by atoms with van der Waals surface area (Å²) >= 11 is 0. The van der Waals surface area contributed by atoms with Gasteiger partial charge in [-0.3, -0.25) is 4.79 Å². The molecule has 0 saturated heterocycles. The molecule has 0 radical (unpaired) electrons. The summed E-state index contributed by atoms with van der Waals surface area (Å²) in [4.78, 5) is 11.5. The molecule has 96 valence electrons. The molecule has 0 saturated carbocycles. The Bertz CT molecular complexity index is 177. The molecule has 0 aromatic carbocycles. The average Bonchev–Trinajstić information content (AvgIpc) is 2.29. The molecule has 2 N–H and O–H groups in total. The van der Waals surface area contributed by atoms with Crippen molar-refractivity contribution >= 4 is 5.91 Å². The van der Waals surface area contributed by atoms with Crippen LogP contribution in [0.1, 0.15) is 19.8 Å². The molecule has 5 heteroatoms. The molecule has 0 bridgehead atoms. The molecule has 0 aromatic rings. The second-order valence-electron chi connectivity index (χ2n) is 3.66. The fourth-order valence-corrected chi connectivity index (χ4v) is 1.21. The number of amides is 1. The third-order valence-electron chi connectivity index (χ3n) is 2.19. The second-order valence-corrected chi connectivity index (χ2v) is 3.66. The molecular formula is C11H24N2O3. The monoisotopic (exact) mass is 232 g/mol. The van der Waals surface area contributed by atoms with Crippen LogP contribution in [0.3, 0.4) is 0 Å². The lowest BCUT2D eigenvalue weighted by Crippen LogP contribution is -2.43. The Kier molecular flexibility index (Phi) is 10.4. The predicted molar refractivity (Wildman–Crippen MR) is 63.5 cm³/mol. The van der Waals surface area contributed by atoms with Crippen molar-refractivity contribution in [2.75, 3.05) is 40.5 Å². The van der Waals surface area contributed by atoms with Crippen molar-refractivity contribution in [3.8, 4) is 0 Å². The number of hydrogen-bond donors (Lipinski definition) is 2. The van der Waals surface area contributed by atoms with Gasteiger partial charge in [0.1, 0.15) is 0 Å². The van der Waals surface area contributed by atoms with Crippen LogP contribution in [-0.4, -0.2) is 52.5 Å². The highest BCUT2D eigenvalue weighted by molar-refractivity contribution is 5.81. The fourth-order valence-electron chi connectivity index (χ4n) is 1.21. The van der Waals surface area contributed by atoms with Crippen LogP contribution in [0, 0.1) is 0 Å². The summed E-state index contributed by atoms with van der Waals surface area (Å²) in [6.07, 6.45) is 1.76. The van der Waals surface area contributed by atoms with Crippen LogP contribution in [0.15, 0.2) is 0 Å². The SMILES string of the molecule is COCCCNC(=O)C(C)NCCCOC. The zero-order valence-electron chi connectivity index (χ0n) is 10.5. The van der Waals surface area contributed by atoms with Gasteiger partial charge in [-0.25, -0.2) is 0 Å². The van der Waals surface area contributed by atoms with Gasteiger partial charge in [-0.1, -0.05) is 0 Å². The minimum atomic E-state index is -0.153. The van der Waals surface area contributed by atoms with Gasteiger partial charge in [-0.2, -0.15) is 0 Å². The Morgan fingerprint density at radius 1 is 1.12 bits per heavy atom. The van der Waals surface area contributed by atoms with Gasteiger partial charge in [-0.15, -0.1) is 0 Å². The van der Waals surface area contributed by atoms with E-state index in [4.69, 9.17) is 9.47 Å². The first kappa shape index (κ1) is 15.3. The predicted octanol–water partition coefficient (Wildman–Crippen LogP) is 0.154. The summed E-state index contributed by atoms with van der Waals surface area (Å²) < 4.78 is 9.82. The molecule has 0 aliphatic heterocycles. The van der Waals surface area contributed by atoms with Crippen LogP contribution in [0.2, 0.25) is 0 Å². The largest absolute Gasteiger partial charge is 0.385 e. The smallest absolute Gasteiger partial charge is 0.236 e. The van der Waals surface area contributed by atoms with Gasteiger partial charge in [0.05, 0.1) is 6.04 Å². The topological polar surface area (TPSA) is 59.6 Å². The molecule has 0 fully saturated rings. The molecule has 1 amide bonds. The highest BCUT2D eigenvalue weighted by Gasteiger charge is 2.10. The minimum absolute atomic E-state index is 0.0357. The number of nitrogens with one attached hydrogen (secondary N) is 2. The summed E-state index contributed by atoms with van der Waals surface area (Å²) in [6, 6.07) is -0.153. The highest BCUT2D eigenvalue weighted by Crippen LogP contribution is 1.85. The van der Waals surface area contributed by atoms with Gasteiger partial charge in [0.25, 0.3) is 0 Å². The molecule has 1 unspecified atom stereocenters. The molecule has 16 heavy (non-hydrogen) atoms. The first-order chi connectivity index (χ1) is 7.72. The maximum Gasteiger partial charge on any atom is 0.236 e. The number of methoxy groups -OCH3 is 2. The van der Waals surface area contributed by atoms with Gasteiger partial charge in [-0.05, 0) is 26.3 Å². The van der Waals surface area contributed by atoms with Crippen LogP contribution in [0.25, 0.3) is 0 Å². The maximum absolute atomic E-state index is 11.5. The van der Waals surface area contributed by atoms with Gasteiger partial charge in [0.15, 0.2) is 0 Å². The lowest BCUT2D eigenvalue weighted by molar-refractivity contribution is -0.122. The number of ether oxygens (including phenoxy) is 2. The van der Waals surface area contributed by atoms with Crippen molar-refractivity contribution in [3.63, 3.8) is 0 Å². The van der Waals surface area contributed by atoms with Crippen molar-refractivity contribution in [3.05, 3.63) is 0 Å². The zero-order valence-corrected chi connectivity index (χ0v) is 10.5. The highest BCUT2D eigenvalue weighted by atomic mass is 16.5. The number of carbonyl (C=O) groups is 1. The normalized spacial score (nSPS) is 12.4. The van der Waals surface area contributed by atoms with E-state index in [0.29, 0.717) is 13.2 Å². The molecule has 5 nitrogen and oxygen atoms in total. The Balaban J connectivity index is 3.42. The molecule has 0 heterocycles. The average molecular weight is 232 g/mol. The van der Waals surface area contributed by atoms with Crippen molar-refractivity contribution in [1.82, 2.24) is 10.6 Å². The second kappa shape index (κ2) is 10.9. The Morgan fingerprint density at radius 3 is 2.25 bits per heavy atom. The Hall–Kier alpha value is -0.650. The fraction of sp³-hybridized carbons (Fsp3) is 0.909. The first-order valence-electron chi connectivity index (χ1n) is 5.71. The van der Waals surface area contributed by atoms with Crippen molar-refractivity contribution in [1.29, 1.82) is 0 Å². The number of rotatable bonds is 10. The first-order valence-corrected chi connectivity index (χ1v) is 5.71. The van der Waals surface area contributed by atoms with Crippen LogP contribution < -0.4 is 10.6 Å². The van der Waals surface area contributed by atoms with E-state index in [9.17, 15) is 4.79 Å². The van der Waals surface area contributed by atoms with E-state index in [1.165, 1.54) is 0 Å². The molecule has 0 aromatic heterocycles. The number of carbonyl (C=O) groups excluding carboxylic acids is 1. The zero-order chi connectivity index (χ0) is 12.2. The molecule has 0 aliphatic carbocycles. The van der Waals surface area contributed by atoms with Crippen LogP contribution in [0.4, 0.5) is 0 Å². The summed E-state index contributed by atoms with van der Waals surface area (Å²) in [5.41, 5.74) is 0.